The predicted octanol–water partition coefficient (Wildman–Crippen LogP) is 1.63. The molecule has 0 radical (unpaired) electrons. The zero-order chi connectivity index (χ0) is 6.57. The first-order chi connectivity index (χ1) is 3.68. The molecular weight excluding hydrogens is 107 g/mol. The van der Waals surface area contributed by atoms with Gasteiger partial charge < -0.3 is 4.74 Å². The third kappa shape index (κ3) is 2.97. The van der Waals surface area contributed by atoms with Crippen LogP contribution in [0.3, 0.4) is 0 Å². The maximum absolute atomic E-state index is 12.4. The highest BCUT2D eigenvalue weighted by Gasteiger charge is 2.09. The first-order valence-corrected chi connectivity index (χ1v) is 2.81. The number of methoxy groups -OCH3 is 1. The fraction of sp³-hybridized carbons (Fsp3) is 1.00. The molecule has 0 aromatic heterocycles. The highest BCUT2D eigenvalue weighted by Crippen LogP contribution is 2.04. The monoisotopic (exact) mass is 120 g/mol. The summed E-state index contributed by atoms with van der Waals surface area (Å²) in [5, 5.41) is 0. The van der Waals surface area contributed by atoms with Crippen LogP contribution in [0, 0.1) is 5.92 Å². The van der Waals surface area contributed by atoms with Gasteiger partial charge in [-0.05, 0) is 5.92 Å². The Bertz CT molecular complexity index is 54.5. The number of hydrogen-bond donors (Lipinski definition) is 0. The topological polar surface area (TPSA) is 9.23 Å². The molecule has 0 spiro atoms. The van der Waals surface area contributed by atoms with Gasteiger partial charge in [-0.15, -0.1) is 0 Å². The molecular formula is C6H13FO. The first-order valence-electron chi connectivity index (χ1n) is 2.81. The predicted molar refractivity (Wildman–Crippen MR) is 31.6 cm³/mol. The van der Waals surface area contributed by atoms with Crippen molar-refractivity contribution in [3.05, 3.63) is 0 Å². The van der Waals surface area contributed by atoms with Gasteiger partial charge >= 0.3 is 0 Å². The molecule has 1 nitrogen and oxygen atoms in total. The molecule has 0 bridgehead atoms. The number of rotatable bonds is 3. The quantitative estimate of drug-likeness (QED) is 0.550. The van der Waals surface area contributed by atoms with Crippen molar-refractivity contribution in [3.63, 3.8) is 0 Å². The third-order valence-corrected chi connectivity index (χ3v) is 1.05. The van der Waals surface area contributed by atoms with E-state index in [1.54, 1.807) is 0 Å². The largest absolute Gasteiger partial charge is 0.382 e. The Hall–Kier alpha value is -0.110. The molecule has 0 saturated heterocycles. The van der Waals surface area contributed by atoms with Crippen molar-refractivity contribution in [2.45, 2.75) is 20.0 Å². The lowest BCUT2D eigenvalue weighted by Gasteiger charge is -2.08. The van der Waals surface area contributed by atoms with E-state index in [-0.39, 0.29) is 12.5 Å². The van der Waals surface area contributed by atoms with Crippen molar-refractivity contribution >= 4 is 0 Å². The number of ether oxygens (including phenoxy) is 1. The van der Waals surface area contributed by atoms with Crippen LogP contribution in [0.2, 0.25) is 0 Å². The molecule has 0 rings (SSSR count). The van der Waals surface area contributed by atoms with E-state index in [0.29, 0.717) is 0 Å². The number of hydrogen-bond acceptors (Lipinski definition) is 1. The molecule has 50 valence electrons. The highest BCUT2D eigenvalue weighted by molar-refractivity contribution is 4.57. The molecule has 0 aliphatic rings. The molecule has 0 unspecified atom stereocenters. The molecule has 0 fully saturated rings. The van der Waals surface area contributed by atoms with Crippen molar-refractivity contribution in [3.8, 4) is 0 Å². The Kier molecular flexibility index (Phi) is 3.79. The summed E-state index contributed by atoms with van der Waals surface area (Å²) in [6, 6.07) is 0. The Labute approximate surface area is 49.8 Å². The van der Waals surface area contributed by atoms with Gasteiger partial charge in [-0.2, -0.15) is 0 Å². The minimum absolute atomic E-state index is 0.0787. The lowest BCUT2D eigenvalue weighted by Crippen LogP contribution is -2.15. The summed E-state index contributed by atoms with van der Waals surface area (Å²) < 4.78 is 17.0. The van der Waals surface area contributed by atoms with Gasteiger partial charge in [0.2, 0.25) is 0 Å². The smallest absolute Gasteiger partial charge is 0.126 e. The maximum atomic E-state index is 12.4. The van der Waals surface area contributed by atoms with E-state index < -0.39 is 6.17 Å². The fourth-order valence-corrected chi connectivity index (χ4v) is 0.352. The Morgan fingerprint density at radius 1 is 1.50 bits per heavy atom. The van der Waals surface area contributed by atoms with Crippen molar-refractivity contribution in [1.82, 2.24) is 0 Å². The van der Waals surface area contributed by atoms with Crippen LogP contribution in [0.25, 0.3) is 0 Å². The van der Waals surface area contributed by atoms with Crippen molar-refractivity contribution < 1.29 is 9.13 Å². The fourth-order valence-electron chi connectivity index (χ4n) is 0.352. The molecule has 0 heterocycles. The molecule has 0 amide bonds. The Balaban J connectivity index is 3.17. The van der Waals surface area contributed by atoms with Gasteiger partial charge in [-0.1, -0.05) is 13.8 Å². The van der Waals surface area contributed by atoms with Crippen LogP contribution in [0.15, 0.2) is 0 Å². The maximum Gasteiger partial charge on any atom is 0.126 e. The van der Waals surface area contributed by atoms with Gasteiger partial charge in [0.25, 0.3) is 0 Å². The average Bonchev–Trinajstić information content (AvgIpc) is 1.67. The van der Waals surface area contributed by atoms with E-state index in [1.807, 2.05) is 13.8 Å². The van der Waals surface area contributed by atoms with E-state index in [0.717, 1.165) is 0 Å². The van der Waals surface area contributed by atoms with Gasteiger partial charge in [0.15, 0.2) is 0 Å². The minimum Gasteiger partial charge on any atom is -0.382 e. The molecule has 0 aliphatic carbocycles. The molecule has 8 heavy (non-hydrogen) atoms. The van der Waals surface area contributed by atoms with E-state index in [4.69, 9.17) is 0 Å². The zero-order valence-corrected chi connectivity index (χ0v) is 5.65. The van der Waals surface area contributed by atoms with E-state index in [1.165, 1.54) is 7.11 Å². The van der Waals surface area contributed by atoms with E-state index in [2.05, 4.69) is 4.74 Å². The second-order valence-corrected chi connectivity index (χ2v) is 2.22. The van der Waals surface area contributed by atoms with E-state index >= 15 is 0 Å². The van der Waals surface area contributed by atoms with Crippen LogP contribution in [0.4, 0.5) is 4.39 Å². The molecule has 0 saturated carbocycles. The molecule has 0 aromatic rings. The van der Waals surface area contributed by atoms with Crippen molar-refractivity contribution in [2.24, 2.45) is 5.92 Å². The SMILES string of the molecule is COC[C@@H](F)C(C)C. The lowest BCUT2D eigenvalue weighted by molar-refractivity contribution is 0.0978. The van der Waals surface area contributed by atoms with Gasteiger partial charge in [-0.25, -0.2) is 4.39 Å². The van der Waals surface area contributed by atoms with Gasteiger partial charge in [0, 0.05) is 7.11 Å². The van der Waals surface area contributed by atoms with Crippen molar-refractivity contribution in [2.75, 3.05) is 13.7 Å². The molecule has 2 heteroatoms. The summed E-state index contributed by atoms with van der Waals surface area (Å²) in [5.41, 5.74) is 0. The summed E-state index contributed by atoms with van der Waals surface area (Å²) in [6.07, 6.45) is -0.806. The van der Waals surface area contributed by atoms with Gasteiger partial charge in [0.1, 0.15) is 6.17 Å². The van der Waals surface area contributed by atoms with Crippen LogP contribution >= 0.6 is 0 Å². The summed E-state index contributed by atoms with van der Waals surface area (Å²) >= 11 is 0. The summed E-state index contributed by atoms with van der Waals surface area (Å²) in [7, 11) is 1.51. The Morgan fingerprint density at radius 3 is 2.12 bits per heavy atom. The van der Waals surface area contributed by atoms with Gasteiger partial charge in [0.05, 0.1) is 6.61 Å². The van der Waals surface area contributed by atoms with Crippen LogP contribution in [-0.4, -0.2) is 19.9 Å². The second kappa shape index (κ2) is 3.84. The number of halogens is 1. The standard InChI is InChI=1S/C6H13FO/c1-5(2)6(7)4-8-3/h5-6H,4H2,1-3H3/t6-/m1/s1. The molecule has 0 N–H and O–H groups in total. The summed E-state index contributed by atoms with van der Waals surface area (Å²) in [5.74, 6) is 0.0787. The molecule has 0 aliphatic heterocycles. The highest BCUT2D eigenvalue weighted by atomic mass is 19.1. The summed E-state index contributed by atoms with van der Waals surface area (Å²) in [6.45, 7) is 3.89. The second-order valence-electron chi connectivity index (χ2n) is 2.22. The third-order valence-electron chi connectivity index (χ3n) is 1.05. The van der Waals surface area contributed by atoms with Gasteiger partial charge in [-0.3, -0.25) is 0 Å². The molecule has 0 aromatic carbocycles. The average molecular weight is 120 g/mol. The lowest BCUT2D eigenvalue weighted by atomic mass is 10.1. The normalized spacial score (nSPS) is 14.6. The van der Waals surface area contributed by atoms with Crippen LogP contribution in [0.5, 0.6) is 0 Å². The molecule has 1 atom stereocenters. The summed E-state index contributed by atoms with van der Waals surface area (Å²) in [4.78, 5) is 0. The first kappa shape index (κ1) is 7.89. The minimum atomic E-state index is -0.806. The number of alkyl halides is 1. The van der Waals surface area contributed by atoms with Crippen LogP contribution in [0.1, 0.15) is 13.8 Å². The Morgan fingerprint density at radius 2 is 2.00 bits per heavy atom. The van der Waals surface area contributed by atoms with Crippen molar-refractivity contribution in [1.29, 1.82) is 0 Å². The van der Waals surface area contributed by atoms with E-state index in [9.17, 15) is 4.39 Å². The zero-order valence-electron chi connectivity index (χ0n) is 5.65. The van der Waals surface area contributed by atoms with Crippen LogP contribution in [-0.2, 0) is 4.74 Å². The van der Waals surface area contributed by atoms with Crippen LogP contribution < -0.4 is 0 Å².